The fourth-order valence-electron chi connectivity index (χ4n) is 2.39. The van der Waals surface area contributed by atoms with Gasteiger partial charge in [-0.1, -0.05) is 18.2 Å². The molecule has 0 unspecified atom stereocenters. The second kappa shape index (κ2) is 10.2. The summed E-state index contributed by atoms with van der Waals surface area (Å²) in [6.07, 6.45) is 1.01. The molecule has 0 heterocycles. The molecule has 138 valence electrons. The third kappa shape index (κ3) is 6.57. The van der Waals surface area contributed by atoms with Gasteiger partial charge in [0, 0.05) is 36.7 Å². The normalized spacial score (nSPS) is 10.3. The van der Waals surface area contributed by atoms with E-state index < -0.39 is 0 Å². The van der Waals surface area contributed by atoms with Crippen molar-refractivity contribution in [2.24, 2.45) is 0 Å². The summed E-state index contributed by atoms with van der Waals surface area (Å²) in [5.74, 6) is -0.319. The van der Waals surface area contributed by atoms with Gasteiger partial charge >= 0.3 is 0 Å². The first-order valence-electron chi connectivity index (χ1n) is 8.68. The van der Waals surface area contributed by atoms with Gasteiger partial charge in [0.2, 0.25) is 5.91 Å². The summed E-state index contributed by atoms with van der Waals surface area (Å²) in [7, 11) is 0. The van der Waals surface area contributed by atoms with Crippen LogP contribution in [0.3, 0.4) is 0 Å². The van der Waals surface area contributed by atoms with Gasteiger partial charge in [-0.25, -0.2) is 0 Å². The molecule has 2 aromatic rings. The van der Waals surface area contributed by atoms with Gasteiger partial charge in [0.25, 0.3) is 5.91 Å². The van der Waals surface area contributed by atoms with Crippen molar-refractivity contribution in [3.8, 4) is 0 Å². The van der Waals surface area contributed by atoms with E-state index in [1.807, 2.05) is 19.1 Å². The van der Waals surface area contributed by atoms with E-state index in [1.54, 1.807) is 36.4 Å². The molecule has 0 saturated carbocycles. The second-order valence-electron chi connectivity index (χ2n) is 5.85. The van der Waals surface area contributed by atoms with E-state index in [2.05, 4.69) is 10.6 Å². The Morgan fingerprint density at radius 3 is 2.62 bits per heavy atom. The lowest BCUT2D eigenvalue weighted by Crippen LogP contribution is -2.25. The zero-order chi connectivity index (χ0) is 18.8. The predicted octanol–water partition coefficient (Wildman–Crippen LogP) is 2.61. The number of ether oxygens (including phenoxy) is 1. The fraction of sp³-hybridized carbons (Fsp3) is 0.300. The Morgan fingerprint density at radius 1 is 1.12 bits per heavy atom. The van der Waals surface area contributed by atoms with Gasteiger partial charge in [0.15, 0.2) is 0 Å². The molecular weight excluding hydrogens is 330 g/mol. The van der Waals surface area contributed by atoms with Gasteiger partial charge in [-0.2, -0.15) is 0 Å². The van der Waals surface area contributed by atoms with Gasteiger partial charge in [-0.3, -0.25) is 9.59 Å². The van der Waals surface area contributed by atoms with Crippen LogP contribution in [0.4, 0.5) is 11.4 Å². The summed E-state index contributed by atoms with van der Waals surface area (Å²) in [4.78, 5) is 24.3. The molecule has 0 aliphatic rings. The summed E-state index contributed by atoms with van der Waals surface area (Å²) in [6, 6.07) is 14.0. The van der Waals surface area contributed by atoms with Crippen LogP contribution in [0.2, 0.25) is 0 Å². The number of hydrogen-bond donors (Lipinski definition) is 3. The smallest absolute Gasteiger partial charge is 0.251 e. The van der Waals surface area contributed by atoms with Crippen molar-refractivity contribution in [3.05, 3.63) is 59.7 Å². The highest BCUT2D eigenvalue weighted by molar-refractivity contribution is 5.97. The average molecular weight is 355 g/mol. The molecule has 0 aliphatic heterocycles. The SMILES string of the molecule is CCOCCCNC(=O)c1cccc(NC(=O)Cc2ccc(N)cc2)c1. The molecule has 2 rings (SSSR count). The molecule has 0 fully saturated rings. The molecular formula is C20H25N3O3. The lowest BCUT2D eigenvalue weighted by molar-refractivity contribution is -0.115. The van der Waals surface area contributed by atoms with Crippen molar-refractivity contribution in [2.45, 2.75) is 19.8 Å². The minimum absolute atomic E-state index is 0.149. The lowest BCUT2D eigenvalue weighted by atomic mass is 10.1. The maximum absolute atomic E-state index is 12.2. The van der Waals surface area contributed by atoms with Crippen LogP contribution < -0.4 is 16.4 Å². The van der Waals surface area contributed by atoms with E-state index in [4.69, 9.17) is 10.5 Å². The molecule has 0 bridgehead atoms. The zero-order valence-corrected chi connectivity index (χ0v) is 15.0. The van der Waals surface area contributed by atoms with Crippen LogP contribution >= 0.6 is 0 Å². The van der Waals surface area contributed by atoms with Crippen molar-refractivity contribution in [3.63, 3.8) is 0 Å². The molecule has 26 heavy (non-hydrogen) atoms. The van der Waals surface area contributed by atoms with Crippen LogP contribution in [0.15, 0.2) is 48.5 Å². The molecule has 4 N–H and O–H groups in total. The molecule has 2 aromatic carbocycles. The third-order valence-electron chi connectivity index (χ3n) is 3.71. The quantitative estimate of drug-likeness (QED) is 0.476. The molecule has 0 aliphatic carbocycles. The summed E-state index contributed by atoms with van der Waals surface area (Å²) in [5, 5.41) is 5.65. The van der Waals surface area contributed by atoms with E-state index in [0.717, 1.165) is 12.0 Å². The highest BCUT2D eigenvalue weighted by atomic mass is 16.5. The highest BCUT2D eigenvalue weighted by Crippen LogP contribution is 2.12. The molecule has 0 spiro atoms. The summed E-state index contributed by atoms with van der Waals surface area (Å²) >= 11 is 0. The standard InChI is InChI=1S/C20H25N3O3/c1-2-26-12-4-11-22-20(25)16-5-3-6-18(14-16)23-19(24)13-15-7-9-17(21)10-8-15/h3,5-10,14H,2,4,11-13,21H2,1H3,(H,22,25)(H,23,24). The molecule has 2 amide bonds. The van der Waals surface area contributed by atoms with Crippen LogP contribution in [0.1, 0.15) is 29.3 Å². The molecule has 0 aromatic heterocycles. The minimum atomic E-state index is -0.170. The average Bonchev–Trinajstić information content (AvgIpc) is 2.63. The molecule has 0 atom stereocenters. The number of amides is 2. The molecule has 0 radical (unpaired) electrons. The number of benzene rings is 2. The largest absolute Gasteiger partial charge is 0.399 e. The predicted molar refractivity (Wildman–Crippen MR) is 103 cm³/mol. The maximum Gasteiger partial charge on any atom is 0.251 e. The highest BCUT2D eigenvalue weighted by Gasteiger charge is 2.08. The van der Waals surface area contributed by atoms with E-state index in [9.17, 15) is 9.59 Å². The number of anilines is 2. The fourth-order valence-corrected chi connectivity index (χ4v) is 2.39. The van der Waals surface area contributed by atoms with Crippen LogP contribution in [0, 0.1) is 0 Å². The topological polar surface area (TPSA) is 93.5 Å². The Bertz CT molecular complexity index is 729. The van der Waals surface area contributed by atoms with Crippen molar-refractivity contribution in [1.82, 2.24) is 5.32 Å². The van der Waals surface area contributed by atoms with E-state index >= 15 is 0 Å². The molecule has 6 nitrogen and oxygen atoms in total. The minimum Gasteiger partial charge on any atom is -0.399 e. The Balaban J connectivity index is 1.86. The first-order valence-corrected chi connectivity index (χ1v) is 8.68. The van der Waals surface area contributed by atoms with Gasteiger partial charge in [0.05, 0.1) is 6.42 Å². The van der Waals surface area contributed by atoms with Crippen LogP contribution in [-0.4, -0.2) is 31.6 Å². The second-order valence-corrected chi connectivity index (χ2v) is 5.85. The van der Waals surface area contributed by atoms with Gasteiger partial charge in [-0.05, 0) is 49.2 Å². The van der Waals surface area contributed by atoms with Crippen LogP contribution in [0.25, 0.3) is 0 Å². The third-order valence-corrected chi connectivity index (χ3v) is 3.71. The number of carbonyl (C=O) groups excluding carboxylic acids is 2. The number of rotatable bonds is 9. The number of nitrogens with one attached hydrogen (secondary N) is 2. The summed E-state index contributed by atoms with van der Waals surface area (Å²) < 4.78 is 5.23. The van der Waals surface area contributed by atoms with E-state index in [1.165, 1.54) is 0 Å². The van der Waals surface area contributed by atoms with Crippen molar-refractivity contribution >= 4 is 23.2 Å². The summed E-state index contributed by atoms with van der Waals surface area (Å²) in [5.41, 5.74) is 8.27. The van der Waals surface area contributed by atoms with Crippen molar-refractivity contribution in [1.29, 1.82) is 0 Å². The van der Waals surface area contributed by atoms with Gasteiger partial charge in [-0.15, -0.1) is 0 Å². The first kappa shape index (κ1) is 19.5. The monoisotopic (exact) mass is 355 g/mol. The number of nitrogens with two attached hydrogens (primary N) is 1. The summed E-state index contributed by atoms with van der Waals surface area (Å²) in [6.45, 7) is 3.78. The van der Waals surface area contributed by atoms with Crippen molar-refractivity contribution < 1.29 is 14.3 Å². The van der Waals surface area contributed by atoms with Crippen LogP contribution in [0.5, 0.6) is 0 Å². The van der Waals surface area contributed by atoms with E-state index in [0.29, 0.717) is 36.7 Å². The first-order chi connectivity index (χ1) is 12.6. The number of carbonyl (C=O) groups is 2. The Labute approximate surface area is 153 Å². The number of nitrogen functional groups attached to an aromatic ring is 1. The van der Waals surface area contributed by atoms with Gasteiger partial charge in [0.1, 0.15) is 0 Å². The maximum atomic E-state index is 12.2. The van der Waals surface area contributed by atoms with Gasteiger partial charge < -0.3 is 21.1 Å². The Hall–Kier alpha value is -2.86. The molecule has 0 saturated heterocycles. The zero-order valence-electron chi connectivity index (χ0n) is 15.0. The van der Waals surface area contributed by atoms with Crippen molar-refractivity contribution in [2.75, 3.05) is 30.8 Å². The lowest BCUT2D eigenvalue weighted by Gasteiger charge is -2.09. The number of hydrogen-bond acceptors (Lipinski definition) is 4. The Morgan fingerprint density at radius 2 is 1.88 bits per heavy atom. The van der Waals surface area contributed by atoms with E-state index in [-0.39, 0.29) is 18.2 Å². The molecule has 6 heteroatoms. The Kier molecular flexibility index (Phi) is 7.64. The van der Waals surface area contributed by atoms with Crippen LogP contribution in [-0.2, 0) is 16.0 Å².